The highest BCUT2D eigenvalue weighted by Gasteiger charge is 2.00. The summed E-state index contributed by atoms with van der Waals surface area (Å²) in [7, 11) is 0. The van der Waals surface area contributed by atoms with Gasteiger partial charge in [0.2, 0.25) is 5.88 Å². The van der Waals surface area contributed by atoms with Gasteiger partial charge in [-0.05, 0) is 23.3 Å². The fourth-order valence-corrected chi connectivity index (χ4v) is 1.68. The molecule has 0 saturated heterocycles. The molecule has 0 radical (unpaired) electrons. The topological polar surface area (TPSA) is 54.4 Å². The highest BCUT2D eigenvalue weighted by molar-refractivity contribution is 5.30. The molecular formula is C16H20N2O2. The van der Waals surface area contributed by atoms with E-state index in [4.69, 9.17) is 9.84 Å². The lowest BCUT2D eigenvalue weighted by atomic mass is 10.2. The number of benzene rings is 1. The third kappa shape index (κ3) is 4.33. The molecule has 1 aromatic heterocycles. The first-order valence-electron chi connectivity index (χ1n) is 6.73. The Bertz CT molecular complexity index is 521. The Morgan fingerprint density at radius 1 is 1.10 bits per heavy atom. The summed E-state index contributed by atoms with van der Waals surface area (Å²) in [5, 5.41) is 12.3. The predicted octanol–water partition coefficient (Wildman–Crippen LogP) is 2.86. The second-order valence-corrected chi connectivity index (χ2v) is 4.94. The Balaban J connectivity index is 1.95. The summed E-state index contributed by atoms with van der Waals surface area (Å²) in [5.41, 5.74) is 1.99. The molecule has 1 aromatic carbocycles. The van der Waals surface area contributed by atoms with E-state index in [0.29, 0.717) is 17.7 Å². The van der Waals surface area contributed by atoms with Crippen LogP contribution in [0.25, 0.3) is 0 Å². The van der Waals surface area contributed by atoms with Crippen LogP contribution in [0.2, 0.25) is 0 Å². The van der Waals surface area contributed by atoms with E-state index in [1.54, 1.807) is 0 Å². The van der Waals surface area contributed by atoms with Crippen molar-refractivity contribution in [2.45, 2.75) is 33.0 Å². The average molecular weight is 272 g/mol. The lowest BCUT2D eigenvalue weighted by Crippen LogP contribution is -2.21. The van der Waals surface area contributed by atoms with Gasteiger partial charge in [-0.2, -0.15) is 0 Å². The normalized spacial score (nSPS) is 10.8. The Morgan fingerprint density at radius 2 is 1.80 bits per heavy atom. The lowest BCUT2D eigenvalue weighted by Gasteiger charge is -2.09. The predicted molar refractivity (Wildman–Crippen MR) is 78.7 cm³/mol. The summed E-state index contributed by atoms with van der Waals surface area (Å²) >= 11 is 0. The number of pyridine rings is 1. The van der Waals surface area contributed by atoms with E-state index < -0.39 is 0 Å². The molecule has 0 fully saturated rings. The molecule has 0 aliphatic heterocycles. The quantitative estimate of drug-likeness (QED) is 0.849. The zero-order chi connectivity index (χ0) is 14.4. The molecule has 4 heteroatoms. The Morgan fingerprint density at radius 3 is 2.35 bits per heavy atom. The first kappa shape index (κ1) is 14.5. The van der Waals surface area contributed by atoms with E-state index >= 15 is 0 Å². The molecule has 0 aliphatic carbocycles. The van der Waals surface area contributed by atoms with Crippen LogP contribution in [-0.2, 0) is 13.2 Å². The fourth-order valence-electron chi connectivity index (χ4n) is 1.68. The number of rotatable bonds is 6. The Hall–Kier alpha value is -1.91. The maximum Gasteiger partial charge on any atom is 0.219 e. The number of aromatic nitrogens is 1. The van der Waals surface area contributed by atoms with Gasteiger partial charge in [-0.25, -0.2) is 4.98 Å². The van der Waals surface area contributed by atoms with Crippen molar-refractivity contribution < 1.29 is 9.84 Å². The van der Waals surface area contributed by atoms with Crippen LogP contribution in [0.3, 0.4) is 0 Å². The van der Waals surface area contributed by atoms with Gasteiger partial charge in [-0.3, -0.25) is 0 Å². The van der Waals surface area contributed by atoms with Crippen molar-refractivity contribution in [3.8, 4) is 11.6 Å². The van der Waals surface area contributed by atoms with Gasteiger partial charge in [0.1, 0.15) is 5.75 Å². The maximum absolute atomic E-state index is 8.98. The van der Waals surface area contributed by atoms with E-state index in [2.05, 4.69) is 24.1 Å². The van der Waals surface area contributed by atoms with Crippen LogP contribution in [0.1, 0.15) is 25.0 Å². The molecular weight excluding hydrogens is 252 g/mol. The molecule has 2 N–H and O–H groups in total. The monoisotopic (exact) mass is 272 g/mol. The minimum absolute atomic E-state index is 0.0378. The zero-order valence-electron chi connectivity index (χ0n) is 11.8. The maximum atomic E-state index is 8.98. The van der Waals surface area contributed by atoms with Gasteiger partial charge < -0.3 is 15.2 Å². The summed E-state index contributed by atoms with van der Waals surface area (Å²) in [4.78, 5) is 4.28. The molecule has 2 rings (SSSR count). The zero-order valence-corrected chi connectivity index (χ0v) is 11.8. The van der Waals surface area contributed by atoms with Crippen molar-refractivity contribution in [1.82, 2.24) is 10.3 Å². The molecule has 4 nitrogen and oxygen atoms in total. The summed E-state index contributed by atoms with van der Waals surface area (Å²) < 4.78 is 5.65. The van der Waals surface area contributed by atoms with E-state index in [0.717, 1.165) is 17.7 Å². The number of hydrogen-bond acceptors (Lipinski definition) is 4. The SMILES string of the molecule is CC(C)NCc1ccc(Oc2ccc(CO)cc2)nc1. The van der Waals surface area contributed by atoms with Crippen molar-refractivity contribution in [1.29, 1.82) is 0 Å². The van der Waals surface area contributed by atoms with Gasteiger partial charge in [0.25, 0.3) is 0 Å². The number of nitrogens with one attached hydrogen (secondary N) is 1. The van der Waals surface area contributed by atoms with Crippen LogP contribution >= 0.6 is 0 Å². The van der Waals surface area contributed by atoms with E-state index in [1.165, 1.54) is 0 Å². The van der Waals surface area contributed by atoms with Crippen LogP contribution in [-0.4, -0.2) is 16.1 Å². The Labute approximate surface area is 119 Å². The van der Waals surface area contributed by atoms with Gasteiger partial charge in [-0.15, -0.1) is 0 Å². The standard InChI is InChI=1S/C16H20N2O2/c1-12(2)17-9-14-5-8-16(18-10-14)20-15-6-3-13(11-19)4-7-15/h3-8,10,12,17,19H,9,11H2,1-2H3. The second-order valence-electron chi connectivity index (χ2n) is 4.94. The molecule has 0 atom stereocenters. The van der Waals surface area contributed by atoms with E-state index in [1.807, 2.05) is 42.6 Å². The molecule has 1 heterocycles. The second kappa shape index (κ2) is 7.03. The molecule has 0 aliphatic rings. The third-order valence-corrected chi connectivity index (χ3v) is 2.84. The molecule has 0 spiro atoms. The van der Waals surface area contributed by atoms with Crippen LogP contribution in [0.5, 0.6) is 11.6 Å². The van der Waals surface area contributed by atoms with Crippen molar-refractivity contribution in [3.63, 3.8) is 0 Å². The third-order valence-electron chi connectivity index (χ3n) is 2.84. The average Bonchev–Trinajstić information content (AvgIpc) is 2.47. The van der Waals surface area contributed by atoms with Crippen molar-refractivity contribution >= 4 is 0 Å². The summed E-state index contributed by atoms with van der Waals surface area (Å²) in [6.07, 6.45) is 1.81. The van der Waals surface area contributed by atoms with Gasteiger partial charge in [-0.1, -0.05) is 32.0 Å². The van der Waals surface area contributed by atoms with Crippen molar-refractivity contribution in [2.24, 2.45) is 0 Å². The van der Waals surface area contributed by atoms with Gasteiger partial charge in [0.15, 0.2) is 0 Å². The van der Waals surface area contributed by atoms with Gasteiger partial charge in [0.05, 0.1) is 6.61 Å². The molecule has 0 saturated carbocycles. The minimum atomic E-state index is 0.0378. The minimum Gasteiger partial charge on any atom is -0.439 e. The fraction of sp³-hybridized carbons (Fsp3) is 0.312. The summed E-state index contributed by atoms with van der Waals surface area (Å²) in [6, 6.07) is 11.6. The van der Waals surface area contributed by atoms with Crippen molar-refractivity contribution in [3.05, 3.63) is 53.7 Å². The molecule has 20 heavy (non-hydrogen) atoms. The Kier molecular flexibility index (Phi) is 5.09. The van der Waals surface area contributed by atoms with Crippen LogP contribution < -0.4 is 10.1 Å². The number of ether oxygens (including phenoxy) is 1. The number of aliphatic hydroxyl groups is 1. The van der Waals surface area contributed by atoms with Crippen LogP contribution in [0.15, 0.2) is 42.6 Å². The number of hydrogen-bond donors (Lipinski definition) is 2. The first-order valence-corrected chi connectivity index (χ1v) is 6.73. The molecule has 106 valence electrons. The highest BCUT2D eigenvalue weighted by atomic mass is 16.5. The lowest BCUT2D eigenvalue weighted by molar-refractivity contribution is 0.281. The summed E-state index contributed by atoms with van der Waals surface area (Å²) in [6.45, 7) is 5.06. The molecule has 0 unspecified atom stereocenters. The van der Waals surface area contributed by atoms with E-state index in [-0.39, 0.29) is 6.61 Å². The number of aliphatic hydroxyl groups excluding tert-OH is 1. The summed E-state index contributed by atoms with van der Waals surface area (Å²) in [5.74, 6) is 1.28. The van der Waals surface area contributed by atoms with Crippen molar-refractivity contribution in [2.75, 3.05) is 0 Å². The number of nitrogens with zero attached hydrogens (tertiary/aromatic N) is 1. The van der Waals surface area contributed by atoms with Crippen LogP contribution in [0.4, 0.5) is 0 Å². The molecule has 0 bridgehead atoms. The van der Waals surface area contributed by atoms with Gasteiger partial charge in [0, 0.05) is 24.8 Å². The molecule has 0 amide bonds. The molecule has 2 aromatic rings. The highest BCUT2D eigenvalue weighted by Crippen LogP contribution is 2.19. The van der Waals surface area contributed by atoms with Gasteiger partial charge >= 0.3 is 0 Å². The first-order chi connectivity index (χ1) is 9.67. The van der Waals surface area contributed by atoms with Crippen LogP contribution in [0, 0.1) is 0 Å². The smallest absolute Gasteiger partial charge is 0.219 e. The largest absolute Gasteiger partial charge is 0.439 e. The van der Waals surface area contributed by atoms with E-state index in [9.17, 15) is 0 Å².